The van der Waals surface area contributed by atoms with Gasteiger partial charge < -0.3 is 24.6 Å². The summed E-state index contributed by atoms with van der Waals surface area (Å²) in [5.41, 5.74) is 3.29. The Bertz CT molecular complexity index is 799. The fourth-order valence-corrected chi connectivity index (χ4v) is 3.43. The van der Waals surface area contributed by atoms with Crippen molar-refractivity contribution in [3.8, 4) is 11.5 Å². The van der Waals surface area contributed by atoms with Gasteiger partial charge in [0.1, 0.15) is 13.2 Å². The maximum atomic E-state index is 12.6. The Morgan fingerprint density at radius 2 is 1.67 bits per heavy atom. The lowest BCUT2D eigenvalue weighted by Crippen LogP contribution is -2.50. The van der Waals surface area contributed by atoms with Crippen LogP contribution in [0.2, 0.25) is 0 Å². The van der Waals surface area contributed by atoms with E-state index in [1.54, 1.807) is 0 Å². The topological polar surface area (TPSA) is 54.0 Å². The maximum absolute atomic E-state index is 12.6. The van der Waals surface area contributed by atoms with Gasteiger partial charge in [-0.2, -0.15) is 0 Å². The highest BCUT2D eigenvalue weighted by Crippen LogP contribution is 2.32. The molecule has 0 aliphatic carbocycles. The van der Waals surface area contributed by atoms with Crippen LogP contribution in [-0.4, -0.2) is 50.3 Å². The van der Waals surface area contributed by atoms with Crippen molar-refractivity contribution in [2.45, 2.75) is 13.3 Å². The van der Waals surface area contributed by atoms with Gasteiger partial charge in [0.05, 0.1) is 0 Å². The minimum atomic E-state index is -0.0762. The molecule has 2 heterocycles. The van der Waals surface area contributed by atoms with E-state index >= 15 is 0 Å². The van der Waals surface area contributed by atoms with Gasteiger partial charge in [0.15, 0.2) is 11.5 Å². The highest BCUT2D eigenvalue weighted by atomic mass is 16.6. The molecular weight excluding hydrogens is 342 g/mol. The van der Waals surface area contributed by atoms with Crippen molar-refractivity contribution in [3.05, 3.63) is 48.0 Å². The second kappa shape index (κ2) is 7.78. The summed E-state index contributed by atoms with van der Waals surface area (Å²) in [4.78, 5) is 16.8. The molecule has 1 saturated heterocycles. The third-order valence-corrected chi connectivity index (χ3v) is 5.07. The first-order valence-electron chi connectivity index (χ1n) is 9.52. The Morgan fingerprint density at radius 3 is 2.37 bits per heavy atom. The summed E-state index contributed by atoms with van der Waals surface area (Å²) in [6, 6.07) is 14.1. The van der Waals surface area contributed by atoms with E-state index in [1.807, 2.05) is 23.1 Å². The van der Waals surface area contributed by atoms with Crippen molar-refractivity contribution in [1.29, 1.82) is 0 Å². The third kappa shape index (κ3) is 3.94. The number of carbonyl (C=O) groups is 1. The lowest BCUT2D eigenvalue weighted by atomic mass is 10.1. The minimum Gasteiger partial charge on any atom is -0.486 e. The Morgan fingerprint density at radius 1 is 0.963 bits per heavy atom. The van der Waals surface area contributed by atoms with E-state index in [4.69, 9.17) is 9.47 Å². The average molecular weight is 367 g/mol. The summed E-state index contributed by atoms with van der Waals surface area (Å²) in [5, 5.41) is 2.96. The van der Waals surface area contributed by atoms with Gasteiger partial charge >= 0.3 is 6.03 Å². The number of carbonyl (C=O) groups excluding carboxylic acids is 1. The first kappa shape index (κ1) is 17.5. The molecule has 0 radical (unpaired) electrons. The molecule has 0 aromatic heterocycles. The smallest absolute Gasteiger partial charge is 0.321 e. The van der Waals surface area contributed by atoms with Crippen LogP contribution in [0.5, 0.6) is 11.5 Å². The van der Waals surface area contributed by atoms with Crippen LogP contribution in [0, 0.1) is 0 Å². The number of nitrogens with zero attached hydrogens (tertiary/aromatic N) is 2. The van der Waals surface area contributed by atoms with Crippen LogP contribution in [0.15, 0.2) is 42.5 Å². The molecule has 2 aromatic rings. The summed E-state index contributed by atoms with van der Waals surface area (Å²) in [6.45, 7) is 6.32. The number of urea groups is 1. The molecule has 2 aliphatic heterocycles. The standard InChI is InChI=1S/C21H25N3O3/c1-2-16-3-6-18(7-4-16)23-9-11-24(12-10-23)21(25)22-17-5-8-19-20(15-17)27-14-13-26-19/h3-8,15H,2,9-14H2,1H3,(H,22,25). The predicted molar refractivity (Wildman–Crippen MR) is 106 cm³/mol. The van der Waals surface area contributed by atoms with Gasteiger partial charge in [0.2, 0.25) is 0 Å². The number of anilines is 2. The number of nitrogens with one attached hydrogen (secondary N) is 1. The monoisotopic (exact) mass is 367 g/mol. The number of hydrogen-bond donors (Lipinski definition) is 1. The molecule has 1 N–H and O–H groups in total. The van der Waals surface area contributed by atoms with Gasteiger partial charge in [0.25, 0.3) is 0 Å². The molecule has 6 nitrogen and oxygen atoms in total. The molecule has 2 amide bonds. The van der Waals surface area contributed by atoms with Crippen LogP contribution in [0.1, 0.15) is 12.5 Å². The Labute approximate surface area is 159 Å². The zero-order valence-electron chi connectivity index (χ0n) is 15.6. The molecule has 27 heavy (non-hydrogen) atoms. The van der Waals surface area contributed by atoms with Crippen LogP contribution in [0.4, 0.5) is 16.2 Å². The normalized spacial score (nSPS) is 16.2. The number of fused-ring (bicyclic) bond motifs is 1. The van der Waals surface area contributed by atoms with Crippen LogP contribution in [-0.2, 0) is 6.42 Å². The summed E-state index contributed by atoms with van der Waals surface area (Å²) in [7, 11) is 0. The quantitative estimate of drug-likeness (QED) is 0.904. The highest BCUT2D eigenvalue weighted by molar-refractivity contribution is 5.90. The fraction of sp³-hybridized carbons (Fsp3) is 0.381. The van der Waals surface area contributed by atoms with Gasteiger partial charge in [0, 0.05) is 43.6 Å². The van der Waals surface area contributed by atoms with Crippen molar-refractivity contribution in [1.82, 2.24) is 4.90 Å². The number of piperazine rings is 1. The van der Waals surface area contributed by atoms with E-state index in [9.17, 15) is 4.79 Å². The summed E-state index contributed by atoms with van der Waals surface area (Å²) in [6.07, 6.45) is 1.05. The SMILES string of the molecule is CCc1ccc(N2CCN(C(=O)Nc3ccc4c(c3)OCCO4)CC2)cc1. The lowest BCUT2D eigenvalue weighted by Gasteiger charge is -2.36. The van der Waals surface area contributed by atoms with Crippen molar-refractivity contribution >= 4 is 17.4 Å². The highest BCUT2D eigenvalue weighted by Gasteiger charge is 2.22. The first-order chi connectivity index (χ1) is 13.2. The van der Waals surface area contributed by atoms with Gasteiger partial charge in [-0.25, -0.2) is 4.79 Å². The van der Waals surface area contributed by atoms with Gasteiger partial charge in [-0.1, -0.05) is 19.1 Å². The summed E-state index contributed by atoms with van der Waals surface area (Å²) in [5.74, 6) is 1.40. The molecule has 2 aliphatic rings. The molecule has 0 unspecified atom stereocenters. The van der Waals surface area contributed by atoms with Crippen LogP contribution >= 0.6 is 0 Å². The minimum absolute atomic E-state index is 0.0762. The first-order valence-corrected chi connectivity index (χ1v) is 9.52. The summed E-state index contributed by atoms with van der Waals surface area (Å²) < 4.78 is 11.1. The third-order valence-electron chi connectivity index (χ3n) is 5.07. The molecular formula is C21H25N3O3. The van der Waals surface area contributed by atoms with Gasteiger partial charge in [-0.3, -0.25) is 0 Å². The molecule has 0 bridgehead atoms. The molecule has 0 spiro atoms. The molecule has 2 aromatic carbocycles. The number of aryl methyl sites for hydroxylation is 1. The number of hydrogen-bond acceptors (Lipinski definition) is 4. The summed E-state index contributed by atoms with van der Waals surface area (Å²) >= 11 is 0. The second-order valence-corrected chi connectivity index (χ2v) is 6.78. The Hall–Kier alpha value is -2.89. The maximum Gasteiger partial charge on any atom is 0.321 e. The van der Waals surface area contributed by atoms with Gasteiger partial charge in [-0.15, -0.1) is 0 Å². The van der Waals surface area contributed by atoms with E-state index in [2.05, 4.69) is 41.4 Å². The Kier molecular flexibility index (Phi) is 5.05. The number of ether oxygens (including phenoxy) is 2. The predicted octanol–water partition coefficient (Wildman–Crippen LogP) is 3.37. The largest absolute Gasteiger partial charge is 0.486 e. The number of benzene rings is 2. The molecule has 0 atom stereocenters. The van der Waals surface area contributed by atoms with Crippen molar-refractivity contribution < 1.29 is 14.3 Å². The van der Waals surface area contributed by atoms with E-state index in [1.165, 1.54) is 11.3 Å². The fourth-order valence-electron chi connectivity index (χ4n) is 3.43. The molecule has 1 fully saturated rings. The molecule has 142 valence electrons. The Balaban J connectivity index is 1.33. The van der Waals surface area contributed by atoms with Crippen molar-refractivity contribution in [2.75, 3.05) is 49.6 Å². The van der Waals surface area contributed by atoms with Crippen molar-refractivity contribution in [2.24, 2.45) is 0 Å². The molecule has 4 rings (SSSR count). The molecule has 0 saturated carbocycles. The lowest BCUT2D eigenvalue weighted by molar-refractivity contribution is 0.171. The molecule has 6 heteroatoms. The zero-order valence-corrected chi connectivity index (χ0v) is 15.6. The zero-order chi connectivity index (χ0) is 18.6. The number of rotatable bonds is 3. The second-order valence-electron chi connectivity index (χ2n) is 6.78. The number of amides is 2. The van der Waals surface area contributed by atoms with E-state index in [0.717, 1.165) is 30.9 Å². The van der Waals surface area contributed by atoms with E-state index in [0.29, 0.717) is 32.1 Å². The van der Waals surface area contributed by atoms with Gasteiger partial charge in [-0.05, 0) is 36.2 Å². The van der Waals surface area contributed by atoms with Crippen LogP contribution in [0.25, 0.3) is 0 Å². The van der Waals surface area contributed by atoms with Crippen LogP contribution < -0.4 is 19.7 Å². The van der Waals surface area contributed by atoms with Crippen molar-refractivity contribution in [3.63, 3.8) is 0 Å². The van der Waals surface area contributed by atoms with E-state index < -0.39 is 0 Å². The average Bonchev–Trinajstić information content (AvgIpc) is 2.74. The van der Waals surface area contributed by atoms with Crippen LogP contribution in [0.3, 0.4) is 0 Å². The van der Waals surface area contributed by atoms with E-state index in [-0.39, 0.29) is 6.03 Å².